The maximum Gasteiger partial charge on any atom is 0.490 e. The number of anilines is 2. The van der Waals surface area contributed by atoms with Gasteiger partial charge < -0.3 is 54.8 Å². The van der Waals surface area contributed by atoms with E-state index in [1.807, 2.05) is 45.9 Å². The number of benzene rings is 3. The van der Waals surface area contributed by atoms with E-state index in [0.717, 1.165) is 16.8 Å². The molecule has 0 bridgehead atoms. The first-order chi connectivity index (χ1) is 32.0. The molecule has 1 amide bonds. The van der Waals surface area contributed by atoms with Crippen molar-refractivity contribution < 1.29 is 70.3 Å². The summed E-state index contributed by atoms with van der Waals surface area (Å²) in [6.07, 6.45) is 1.63. The second kappa shape index (κ2) is 20.0. The van der Waals surface area contributed by atoms with Crippen molar-refractivity contribution in [2.24, 2.45) is 4.99 Å². The highest BCUT2D eigenvalue weighted by atomic mass is 35.5. The van der Waals surface area contributed by atoms with E-state index in [4.69, 9.17) is 52.4 Å². The molecular formula is C41H42Cl2N7O15P3. The number of carboxylic acid groups (broad SMARTS) is 1. The molecule has 1 saturated heterocycles. The number of nitrogens with one attached hydrogen (secondary N) is 2. The van der Waals surface area contributed by atoms with Crippen LogP contribution >= 0.6 is 46.7 Å². The molecule has 2 unspecified atom stereocenters. The number of nitrogens with zero attached hydrogens (tertiary/aromatic N) is 4. The van der Waals surface area contributed by atoms with Gasteiger partial charge in [0, 0.05) is 59.2 Å². The van der Waals surface area contributed by atoms with Gasteiger partial charge in [-0.05, 0) is 69.9 Å². The Morgan fingerprint density at radius 1 is 1.00 bits per heavy atom. The van der Waals surface area contributed by atoms with Crippen molar-refractivity contribution in [3.8, 4) is 34.3 Å². The minimum atomic E-state index is -5.71. The number of aromatic nitrogens is 3. The minimum absolute atomic E-state index is 0.0550. The minimum Gasteiger partial charge on any atom is -0.478 e. The normalized spacial score (nSPS) is 17.2. The van der Waals surface area contributed by atoms with E-state index in [1.165, 1.54) is 12.4 Å². The van der Waals surface area contributed by atoms with Crippen molar-refractivity contribution in [2.45, 2.75) is 52.9 Å². The Bertz CT molecular complexity index is 3280. The molecule has 22 nitrogen and oxygen atoms in total. The Labute approximate surface area is 396 Å². The highest BCUT2D eigenvalue weighted by Gasteiger charge is 2.42. The molecule has 1 aliphatic carbocycles. The number of aryl methyl sites for hydroxylation is 2. The van der Waals surface area contributed by atoms with Crippen LogP contribution in [0.1, 0.15) is 70.3 Å². The molecular weight excluding hydrogens is 994 g/mol. The predicted molar refractivity (Wildman–Crippen MR) is 249 cm³/mol. The number of ether oxygens (including phenoxy) is 1. The van der Waals surface area contributed by atoms with Gasteiger partial charge >= 0.3 is 29.4 Å². The molecule has 0 saturated carbocycles. The van der Waals surface area contributed by atoms with E-state index in [-0.39, 0.29) is 40.0 Å². The summed E-state index contributed by atoms with van der Waals surface area (Å²) in [6, 6.07) is 8.65. The van der Waals surface area contributed by atoms with E-state index in [0.29, 0.717) is 69.3 Å². The van der Waals surface area contributed by atoms with Crippen LogP contribution in [-0.2, 0) is 31.6 Å². The number of fused-ring (bicyclic) bond motifs is 3. The predicted octanol–water partition coefficient (Wildman–Crippen LogP) is 7.31. The molecule has 2 aliphatic heterocycles. The number of rotatable bonds is 15. The molecule has 1 fully saturated rings. The summed E-state index contributed by atoms with van der Waals surface area (Å²) < 4.78 is 61.1. The van der Waals surface area contributed by atoms with Crippen LogP contribution < -0.4 is 21.7 Å². The summed E-state index contributed by atoms with van der Waals surface area (Å²) in [4.78, 5) is 76.7. The van der Waals surface area contributed by atoms with Gasteiger partial charge in [0.05, 0.1) is 56.7 Å². The summed E-state index contributed by atoms with van der Waals surface area (Å²) >= 11 is 13.9. The lowest BCUT2D eigenvalue weighted by Crippen LogP contribution is -2.24. The SMILES string of the molecule is CCN=c1cc2oc3cc(NCC)c(C)cc3c(-c3c(Cl)cc(C(=O)NCC#Cc4cn([C@H]5CC[C@@H](COP(=O)(O)OP(=O)(O)OP(=O)(O)O)O5)c5ncnc(N)c45)c(Cl)c3C(=O)O)c-2cc1C. The van der Waals surface area contributed by atoms with Gasteiger partial charge in [0.1, 0.15) is 35.4 Å². The number of carbonyl (C=O) groups excluding carboxylic acids is 1. The number of hydrogen-bond donors (Lipinski definition) is 8. The number of phosphoric acid groups is 3. The van der Waals surface area contributed by atoms with Crippen LogP contribution in [0.2, 0.25) is 10.0 Å². The standard InChI is InChI=1S/C41H42Cl2N7O15P3/c1-5-45-28-15-30-24(12-20(28)3)34(25-13-21(4)29(46-6-2)16-31(25)63-30)35-27(42)14-26(37(43)36(35)41(52)53)40(51)47-11-7-8-22-17-50(39-33(22)38(44)48-19-49-39)32-10-9-23(62-32)18-61-67(57,58)65-68(59,60)64-66(54,55)56/h12-17,19,23,32,45H,5-6,9-11,18H2,1-4H3,(H,47,51)(H,52,53)(H,57,58)(H,59,60)(H2,44,48,49)(H2,54,55,56)/t23-,32+/m0/s1. The van der Waals surface area contributed by atoms with Gasteiger partial charge in [-0.2, -0.15) is 8.62 Å². The molecule has 68 heavy (non-hydrogen) atoms. The number of nitrogens with two attached hydrogens (primary N) is 1. The van der Waals surface area contributed by atoms with Crippen LogP contribution in [-0.4, -0.2) is 83.4 Å². The fourth-order valence-electron chi connectivity index (χ4n) is 7.69. The van der Waals surface area contributed by atoms with Gasteiger partial charge in [0.15, 0.2) is 0 Å². The van der Waals surface area contributed by atoms with Crippen LogP contribution in [0, 0.1) is 25.7 Å². The van der Waals surface area contributed by atoms with Crippen LogP contribution in [0.5, 0.6) is 0 Å². The highest BCUT2D eigenvalue weighted by molar-refractivity contribution is 7.66. The topological polar surface area (TPSA) is 330 Å². The number of carbonyl (C=O) groups is 2. The molecule has 27 heteroatoms. The van der Waals surface area contributed by atoms with Crippen molar-refractivity contribution >= 4 is 92.1 Å². The third-order valence-electron chi connectivity index (χ3n) is 10.4. The van der Waals surface area contributed by atoms with Crippen molar-refractivity contribution in [1.29, 1.82) is 0 Å². The Kier molecular flexibility index (Phi) is 14.9. The molecule has 4 heterocycles. The molecule has 4 atom stereocenters. The Morgan fingerprint density at radius 2 is 1.75 bits per heavy atom. The van der Waals surface area contributed by atoms with E-state index >= 15 is 0 Å². The van der Waals surface area contributed by atoms with Crippen molar-refractivity contribution in [3.05, 3.63) is 86.1 Å². The quantitative estimate of drug-likeness (QED) is 0.0284. The number of halogens is 2. The van der Waals surface area contributed by atoms with Crippen molar-refractivity contribution in [1.82, 2.24) is 19.9 Å². The average molecular weight is 1040 g/mol. The first-order valence-corrected chi connectivity index (χ1v) is 25.6. The summed E-state index contributed by atoms with van der Waals surface area (Å²) in [5.41, 5.74) is 10.2. The zero-order chi connectivity index (χ0) is 49.5. The summed E-state index contributed by atoms with van der Waals surface area (Å²) in [5.74, 6) is 4.01. The molecule has 2 aromatic carbocycles. The molecule has 0 spiro atoms. The van der Waals surface area contributed by atoms with Gasteiger partial charge in [0.2, 0.25) is 0 Å². The molecule has 4 aromatic rings. The van der Waals surface area contributed by atoms with E-state index in [1.54, 1.807) is 16.8 Å². The molecule has 3 aliphatic rings. The Balaban J connectivity index is 1.14. The zero-order valence-electron chi connectivity index (χ0n) is 36.2. The van der Waals surface area contributed by atoms with Crippen molar-refractivity contribution in [3.63, 3.8) is 0 Å². The third kappa shape index (κ3) is 11.0. The fourth-order valence-corrected chi connectivity index (χ4v) is 11.4. The summed E-state index contributed by atoms with van der Waals surface area (Å²) in [5, 5.41) is 17.8. The molecule has 7 rings (SSSR count). The second-order valence-corrected chi connectivity index (χ2v) is 20.3. The van der Waals surface area contributed by atoms with Crippen molar-refractivity contribution in [2.75, 3.05) is 37.3 Å². The molecule has 0 radical (unpaired) electrons. The number of phosphoric ester groups is 1. The highest BCUT2D eigenvalue weighted by Crippen LogP contribution is 2.66. The summed E-state index contributed by atoms with van der Waals surface area (Å²) in [7, 11) is -16.7. The lowest BCUT2D eigenvalue weighted by molar-refractivity contribution is -0.0202. The monoisotopic (exact) mass is 1040 g/mol. The second-order valence-electron chi connectivity index (χ2n) is 15.1. The molecule has 360 valence electrons. The number of carboxylic acids is 1. The van der Waals surface area contributed by atoms with Crippen LogP contribution in [0.25, 0.3) is 44.5 Å². The first-order valence-electron chi connectivity index (χ1n) is 20.3. The largest absolute Gasteiger partial charge is 0.490 e. The number of aromatic carboxylic acids is 1. The van der Waals surface area contributed by atoms with E-state index < -0.39 is 59.8 Å². The van der Waals surface area contributed by atoms with Crippen LogP contribution in [0.4, 0.5) is 11.5 Å². The Hall–Kier alpha value is -5.20. The van der Waals surface area contributed by atoms with Gasteiger partial charge in [0.25, 0.3) is 5.91 Å². The number of hydrogen-bond acceptors (Lipinski definition) is 15. The van der Waals surface area contributed by atoms with Gasteiger partial charge in [-0.1, -0.05) is 35.0 Å². The number of nitrogen functional groups attached to an aromatic ring is 1. The van der Waals surface area contributed by atoms with Gasteiger partial charge in [-0.15, -0.1) is 0 Å². The van der Waals surface area contributed by atoms with Crippen LogP contribution in [0.15, 0.2) is 52.3 Å². The van der Waals surface area contributed by atoms with Gasteiger partial charge in [-0.25, -0.2) is 28.5 Å². The maximum absolute atomic E-state index is 13.8. The lowest BCUT2D eigenvalue weighted by atomic mass is 9.88. The molecule has 2 aromatic heterocycles. The third-order valence-corrected chi connectivity index (χ3v) is 14.9. The molecule has 9 N–H and O–H groups in total. The lowest BCUT2D eigenvalue weighted by Gasteiger charge is -2.21. The average Bonchev–Trinajstić information content (AvgIpc) is 3.87. The maximum atomic E-state index is 13.8. The zero-order valence-corrected chi connectivity index (χ0v) is 40.4. The fraction of sp³-hybridized carbons (Fsp3) is 0.293. The van der Waals surface area contributed by atoms with Gasteiger partial charge in [-0.3, -0.25) is 14.3 Å². The Morgan fingerprint density at radius 3 is 2.44 bits per heavy atom. The number of amides is 1. The first kappa shape index (κ1) is 50.7. The van der Waals surface area contributed by atoms with E-state index in [2.05, 4.69) is 46.1 Å². The van der Waals surface area contributed by atoms with E-state index in [9.17, 15) is 38.2 Å². The smallest absolute Gasteiger partial charge is 0.478 e. The van der Waals surface area contributed by atoms with Crippen LogP contribution in [0.3, 0.4) is 0 Å². The summed E-state index contributed by atoms with van der Waals surface area (Å²) in [6.45, 7) is 7.89.